The van der Waals surface area contributed by atoms with E-state index in [4.69, 9.17) is 0 Å². The van der Waals surface area contributed by atoms with Crippen LogP contribution in [0, 0.1) is 67.5 Å². The number of ketones is 2. The molecule has 0 radical (unpaired) electrons. The smallest absolute Gasteiger partial charge is 0.178 e. The van der Waals surface area contributed by atoms with Gasteiger partial charge in [-0.05, 0) is 110 Å². The van der Waals surface area contributed by atoms with Gasteiger partial charge in [0.2, 0.25) is 0 Å². The molecule has 6 aliphatic carbocycles. The fourth-order valence-corrected chi connectivity index (χ4v) is 11.5. The summed E-state index contributed by atoms with van der Waals surface area (Å²) in [7, 11) is 0. The van der Waals surface area contributed by atoms with E-state index in [9.17, 15) is 20.0 Å². The van der Waals surface area contributed by atoms with Crippen molar-refractivity contribution in [2.24, 2.45) is 56.2 Å². The van der Waals surface area contributed by atoms with E-state index in [1.807, 2.05) is 26.0 Å². The molecule has 7 atom stereocenters. The van der Waals surface area contributed by atoms with Gasteiger partial charge in [-0.2, -0.15) is 5.26 Å². The van der Waals surface area contributed by atoms with Crippen molar-refractivity contribution in [3.05, 3.63) is 23.3 Å². The van der Waals surface area contributed by atoms with Gasteiger partial charge in [0.05, 0.1) is 11.7 Å². The number of Topliss-reactive ketones (excluding diaryl/α,β-unsaturated/α-hetero) is 1. The van der Waals surface area contributed by atoms with E-state index in [1.165, 1.54) is 31.3 Å². The van der Waals surface area contributed by atoms with Crippen molar-refractivity contribution in [3.8, 4) is 6.07 Å². The number of carbonyl (C=O) groups excluding carboxylic acids is 2. The van der Waals surface area contributed by atoms with Crippen molar-refractivity contribution in [1.82, 2.24) is 0 Å². The first-order chi connectivity index (χ1) is 18.0. The van der Waals surface area contributed by atoms with E-state index >= 15 is 0 Å². The van der Waals surface area contributed by atoms with Gasteiger partial charge in [0.1, 0.15) is 6.07 Å². The number of fused-ring (bicyclic) bond motifs is 7. The Morgan fingerprint density at radius 3 is 2.28 bits per heavy atom. The van der Waals surface area contributed by atoms with E-state index < -0.39 is 10.8 Å². The summed E-state index contributed by atoms with van der Waals surface area (Å²) >= 11 is 0. The molecule has 0 aromatic carbocycles. The fourth-order valence-electron chi connectivity index (χ4n) is 11.5. The van der Waals surface area contributed by atoms with Crippen LogP contribution >= 0.6 is 0 Å². The summed E-state index contributed by atoms with van der Waals surface area (Å²) in [5.74, 6) is 1.33. The standard InChI is InChI=1S/C35H49NO3/c1-30(2)10-12-35(17-21-14-23(37)15-21)13-11-34(7)28(24(35)19-30)25(38)16-27-32(5)18-22(20-36)29(39)31(3,4)26(32)8-9-33(27,34)6/h16,18,21,23-24,26,28,37H,8-15,17,19H2,1-7H3/t21?,23?,24-,26-,28-,32-,33+,34+,35+/m0/s1. The minimum Gasteiger partial charge on any atom is -0.393 e. The number of allylic oxidation sites excluding steroid dienone is 4. The number of aliphatic hydroxyl groups excluding tert-OH is 1. The Hall–Kier alpha value is -1.73. The highest BCUT2D eigenvalue weighted by atomic mass is 16.3. The molecule has 0 bridgehead atoms. The summed E-state index contributed by atoms with van der Waals surface area (Å²) in [4.78, 5) is 27.9. The lowest BCUT2D eigenvalue weighted by atomic mass is 9.33. The summed E-state index contributed by atoms with van der Waals surface area (Å²) in [5, 5.41) is 20.0. The summed E-state index contributed by atoms with van der Waals surface area (Å²) in [6, 6.07) is 2.22. The third-order valence-electron chi connectivity index (χ3n) is 13.9. The van der Waals surface area contributed by atoms with Gasteiger partial charge in [-0.1, -0.05) is 60.1 Å². The van der Waals surface area contributed by atoms with Crippen molar-refractivity contribution >= 4 is 11.6 Å². The Balaban J connectivity index is 1.47. The number of nitrogens with zero attached hydrogens (tertiary/aromatic N) is 1. The molecule has 4 heteroatoms. The summed E-state index contributed by atoms with van der Waals surface area (Å²) in [6.07, 6.45) is 14.6. The molecular weight excluding hydrogens is 482 g/mol. The largest absolute Gasteiger partial charge is 0.393 e. The van der Waals surface area contributed by atoms with Gasteiger partial charge in [0.15, 0.2) is 11.6 Å². The Morgan fingerprint density at radius 2 is 1.64 bits per heavy atom. The summed E-state index contributed by atoms with van der Waals surface area (Å²) < 4.78 is 0. The lowest BCUT2D eigenvalue weighted by Gasteiger charge is -2.69. The van der Waals surface area contributed by atoms with Gasteiger partial charge in [-0.25, -0.2) is 0 Å². The van der Waals surface area contributed by atoms with Crippen LogP contribution in [0.3, 0.4) is 0 Å². The lowest BCUT2D eigenvalue weighted by molar-refractivity contribution is -0.177. The maximum Gasteiger partial charge on any atom is 0.178 e. The Labute approximate surface area is 235 Å². The number of carbonyl (C=O) groups is 2. The van der Waals surface area contributed by atoms with Crippen LogP contribution in [-0.4, -0.2) is 22.8 Å². The van der Waals surface area contributed by atoms with Crippen LogP contribution in [0.15, 0.2) is 23.3 Å². The first-order valence-electron chi connectivity index (χ1n) is 15.7. The monoisotopic (exact) mass is 531 g/mol. The molecule has 0 spiro atoms. The van der Waals surface area contributed by atoms with Crippen molar-refractivity contribution in [2.45, 2.75) is 119 Å². The third kappa shape index (κ3) is 3.50. The predicted octanol–water partition coefficient (Wildman–Crippen LogP) is 7.37. The quantitative estimate of drug-likeness (QED) is 0.404. The molecule has 212 valence electrons. The molecule has 0 saturated heterocycles. The molecular formula is C35H49NO3. The average molecular weight is 532 g/mol. The molecule has 4 fully saturated rings. The Kier molecular flexibility index (Phi) is 5.76. The van der Waals surface area contributed by atoms with Crippen molar-refractivity contribution in [2.75, 3.05) is 0 Å². The molecule has 6 rings (SSSR count). The average Bonchev–Trinajstić information content (AvgIpc) is 2.82. The molecule has 0 aromatic heterocycles. The summed E-state index contributed by atoms with van der Waals surface area (Å²) in [5.41, 5.74) is 0.506. The number of rotatable bonds is 2. The highest BCUT2D eigenvalue weighted by Gasteiger charge is 2.69. The summed E-state index contributed by atoms with van der Waals surface area (Å²) in [6.45, 7) is 15.9. The molecule has 0 aliphatic heterocycles. The van der Waals surface area contributed by atoms with Gasteiger partial charge >= 0.3 is 0 Å². The second-order valence-electron chi connectivity index (χ2n) is 16.8. The second-order valence-corrected chi connectivity index (χ2v) is 16.8. The van der Waals surface area contributed by atoms with E-state index in [-0.39, 0.29) is 51.0 Å². The molecule has 1 N–H and O–H groups in total. The molecule has 0 heterocycles. The highest BCUT2D eigenvalue weighted by Crippen LogP contribution is 2.75. The van der Waals surface area contributed by atoms with Crippen LogP contribution in [0.25, 0.3) is 0 Å². The topological polar surface area (TPSA) is 78.2 Å². The van der Waals surface area contributed by atoms with Crippen LogP contribution in [0.2, 0.25) is 0 Å². The van der Waals surface area contributed by atoms with Gasteiger partial charge in [0.25, 0.3) is 0 Å². The van der Waals surface area contributed by atoms with E-state index in [2.05, 4.69) is 40.7 Å². The van der Waals surface area contributed by atoms with Crippen LogP contribution in [0.4, 0.5) is 0 Å². The zero-order valence-electron chi connectivity index (χ0n) is 25.3. The zero-order chi connectivity index (χ0) is 28.4. The van der Waals surface area contributed by atoms with Crippen molar-refractivity contribution in [3.63, 3.8) is 0 Å². The minimum atomic E-state index is -0.625. The minimum absolute atomic E-state index is 0.0161. The zero-order valence-corrected chi connectivity index (χ0v) is 25.3. The molecule has 0 aromatic rings. The second kappa shape index (κ2) is 8.18. The molecule has 39 heavy (non-hydrogen) atoms. The van der Waals surface area contributed by atoms with E-state index in [0.29, 0.717) is 17.6 Å². The first-order valence-corrected chi connectivity index (χ1v) is 15.7. The van der Waals surface area contributed by atoms with Crippen molar-refractivity contribution < 1.29 is 14.7 Å². The first kappa shape index (κ1) is 27.4. The number of hydrogen-bond acceptors (Lipinski definition) is 4. The van der Waals surface area contributed by atoms with Crippen molar-refractivity contribution in [1.29, 1.82) is 5.26 Å². The normalized spacial score (nSPS) is 49.7. The van der Waals surface area contributed by atoms with Gasteiger partial charge in [0, 0.05) is 16.7 Å². The number of hydrogen-bond donors (Lipinski definition) is 1. The fraction of sp³-hybridized carbons (Fsp3) is 0.800. The highest BCUT2D eigenvalue weighted by molar-refractivity contribution is 6.04. The number of nitriles is 1. The van der Waals surface area contributed by atoms with Crippen LogP contribution in [0.5, 0.6) is 0 Å². The third-order valence-corrected chi connectivity index (χ3v) is 13.9. The van der Waals surface area contributed by atoms with Crippen LogP contribution in [0.1, 0.15) is 113 Å². The SMILES string of the molecule is CC1(C)CC[C@]2(CC3CC(O)C3)CC[C@]3(C)[C@H](C(=O)C=C4[C@@]5(C)C=C(C#N)C(=O)C(C)(C)[C@@H]5CC[C@]43C)[C@@H]2C1. The molecule has 6 aliphatic rings. The van der Waals surface area contributed by atoms with Gasteiger partial charge in [-0.3, -0.25) is 9.59 Å². The van der Waals surface area contributed by atoms with Gasteiger partial charge in [-0.15, -0.1) is 0 Å². The van der Waals surface area contributed by atoms with Crippen LogP contribution in [-0.2, 0) is 9.59 Å². The van der Waals surface area contributed by atoms with E-state index in [0.717, 1.165) is 38.5 Å². The lowest BCUT2D eigenvalue weighted by Crippen LogP contribution is -2.65. The molecule has 0 unspecified atom stereocenters. The molecule has 4 nitrogen and oxygen atoms in total. The van der Waals surface area contributed by atoms with Crippen LogP contribution < -0.4 is 0 Å². The maximum atomic E-state index is 14.6. The van der Waals surface area contributed by atoms with E-state index in [1.54, 1.807) is 0 Å². The Morgan fingerprint density at radius 1 is 0.974 bits per heavy atom. The number of aliphatic hydroxyl groups is 1. The van der Waals surface area contributed by atoms with Gasteiger partial charge < -0.3 is 5.11 Å². The molecule has 4 saturated carbocycles. The predicted molar refractivity (Wildman–Crippen MR) is 152 cm³/mol. The maximum absolute atomic E-state index is 14.6. The molecule has 0 amide bonds. The Bertz CT molecular complexity index is 1230.